The number of thiocarbonyl (C=S) groups is 1. The van der Waals surface area contributed by atoms with Crippen LogP contribution in [0.3, 0.4) is 0 Å². The maximum atomic E-state index is 13.5. The minimum Gasteiger partial charge on any atom is -0.488 e. The molecule has 9 heteroatoms. The first-order valence-corrected chi connectivity index (χ1v) is 13.0. The van der Waals surface area contributed by atoms with Crippen LogP contribution in [0.15, 0.2) is 77.7 Å². The standard InChI is InChI=1S/C27H21Cl2NO4S2/c1-2-33-26(32)24(17-8-4-3-5-9-17)30-25(31)23(36-27(30)35)14-18-10-6-7-11-22(18)34-16-19-12-13-20(28)15-21(19)29/h3-15,24H,2,16H2,1H3/b23-14+. The Balaban J connectivity index is 1.61. The highest BCUT2D eigenvalue weighted by Gasteiger charge is 2.42. The van der Waals surface area contributed by atoms with Crippen molar-refractivity contribution in [2.24, 2.45) is 0 Å². The zero-order chi connectivity index (χ0) is 25.7. The van der Waals surface area contributed by atoms with Crippen molar-refractivity contribution in [2.75, 3.05) is 6.61 Å². The SMILES string of the molecule is CCOC(=O)C(c1ccccc1)N1C(=O)/C(=C\c2ccccc2OCc2ccc(Cl)cc2Cl)SC1=S. The normalized spacial score (nSPS) is 15.3. The van der Waals surface area contributed by atoms with E-state index in [1.54, 1.807) is 55.5 Å². The van der Waals surface area contributed by atoms with Crippen molar-refractivity contribution in [1.29, 1.82) is 0 Å². The van der Waals surface area contributed by atoms with Gasteiger partial charge >= 0.3 is 5.97 Å². The number of hydrogen-bond donors (Lipinski definition) is 0. The highest BCUT2D eigenvalue weighted by molar-refractivity contribution is 8.26. The summed E-state index contributed by atoms with van der Waals surface area (Å²) in [6.45, 7) is 2.13. The summed E-state index contributed by atoms with van der Waals surface area (Å²) in [4.78, 5) is 28.0. The molecule has 184 valence electrons. The molecule has 3 aromatic carbocycles. The van der Waals surface area contributed by atoms with Crippen LogP contribution in [-0.2, 0) is 20.9 Å². The van der Waals surface area contributed by atoms with Gasteiger partial charge in [-0.2, -0.15) is 0 Å². The third-order valence-corrected chi connectivity index (χ3v) is 7.23. The topological polar surface area (TPSA) is 55.8 Å². The Morgan fingerprint density at radius 3 is 2.53 bits per heavy atom. The van der Waals surface area contributed by atoms with Gasteiger partial charge in [0.15, 0.2) is 6.04 Å². The first-order chi connectivity index (χ1) is 17.4. The Hall–Kier alpha value is -2.84. The largest absolute Gasteiger partial charge is 0.488 e. The van der Waals surface area contributed by atoms with Gasteiger partial charge in [0.1, 0.15) is 16.7 Å². The number of esters is 1. The molecular formula is C27H21Cl2NO4S2. The van der Waals surface area contributed by atoms with Crippen molar-refractivity contribution >= 4 is 69.5 Å². The molecule has 1 amide bonds. The molecule has 0 aliphatic carbocycles. The van der Waals surface area contributed by atoms with Gasteiger partial charge in [-0.3, -0.25) is 9.69 Å². The van der Waals surface area contributed by atoms with Gasteiger partial charge in [0.05, 0.1) is 11.5 Å². The van der Waals surface area contributed by atoms with Crippen LogP contribution in [0.2, 0.25) is 10.0 Å². The summed E-state index contributed by atoms with van der Waals surface area (Å²) in [5, 5.41) is 1.05. The first-order valence-electron chi connectivity index (χ1n) is 11.0. The molecule has 1 heterocycles. The Labute approximate surface area is 229 Å². The maximum Gasteiger partial charge on any atom is 0.333 e. The molecule has 1 saturated heterocycles. The van der Waals surface area contributed by atoms with Crippen molar-refractivity contribution in [3.05, 3.63) is 104 Å². The molecule has 0 N–H and O–H groups in total. The highest BCUT2D eigenvalue weighted by Crippen LogP contribution is 2.39. The van der Waals surface area contributed by atoms with Crippen LogP contribution in [0, 0.1) is 0 Å². The van der Waals surface area contributed by atoms with Crippen molar-refractivity contribution in [1.82, 2.24) is 4.90 Å². The number of rotatable bonds is 8. The Morgan fingerprint density at radius 1 is 1.08 bits per heavy atom. The van der Waals surface area contributed by atoms with Crippen molar-refractivity contribution in [2.45, 2.75) is 19.6 Å². The lowest BCUT2D eigenvalue weighted by Crippen LogP contribution is -2.38. The van der Waals surface area contributed by atoms with Gasteiger partial charge in [-0.05, 0) is 36.8 Å². The quantitative estimate of drug-likeness (QED) is 0.167. The molecule has 0 bridgehead atoms. The maximum absolute atomic E-state index is 13.5. The van der Waals surface area contributed by atoms with E-state index >= 15 is 0 Å². The summed E-state index contributed by atoms with van der Waals surface area (Å²) in [5.74, 6) is -0.342. The fourth-order valence-electron chi connectivity index (χ4n) is 3.62. The predicted molar refractivity (Wildman–Crippen MR) is 148 cm³/mol. The number of benzene rings is 3. The van der Waals surface area contributed by atoms with Gasteiger partial charge in [-0.1, -0.05) is 102 Å². The molecule has 0 aromatic heterocycles. The average Bonchev–Trinajstić information content (AvgIpc) is 3.13. The summed E-state index contributed by atoms with van der Waals surface area (Å²) < 4.78 is 11.6. The monoisotopic (exact) mass is 557 g/mol. The van der Waals surface area contributed by atoms with Crippen molar-refractivity contribution in [3.63, 3.8) is 0 Å². The third kappa shape index (κ3) is 5.93. The molecule has 3 aromatic rings. The molecule has 1 fully saturated rings. The third-order valence-electron chi connectivity index (χ3n) is 5.31. The number of nitrogens with zero attached hydrogens (tertiary/aromatic N) is 1. The van der Waals surface area contributed by atoms with E-state index in [9.17, 15) is 9.59 Å². The number of halogens is 2. The minimum atomic E-state index is -0.969. The lowest BCUT2D eigenvalue weighted by Gasteiger charge is -2.25. The van der Waals surface area contributed by atoms with Crippen LogP contribution in [0.1, 0.15) is 29.7 Å². The van der Waals surface area contributed by atoms with Crippen LogP contribution in [0.5, 0.6) is 5.75 Å². The fraction of sp³-hybridized carbons (Fsp3) is 0.148. The van der Waals surface area contributed by atoms with E-state index in [1.165, 1.54) is 4.90 Å². The second-order valence-electron chi connectivity index (χ2n) is 7.68. The molecule has 1 atom stereocenters. The molecule has 0 saturated carbocycles. The predicted octanol–water partition coefficient (Wildman–Crippen LogP) is 7.08. The summed E-state index contributed by atoms with van der Waals surface area (Å²) in [5.41, 5.74) is 2.09. The fourth-order valence-corrected chi connectivity index (χ4v) is 5.38. The summed E-state index contributed by atoms with van der Waals surface area (Å²) >= 11 is 18.9. The zero-order valence-electron chi connectivity index (χ0n) is 19.1. The number of amides is 1. The van der Waals surface area contributed by atoms with E-state index in [0.29, 0.717) is 31.8 Å². The van der Waals surface area contributed by atoms with E-state index in [1.807, 2.05) is 30.3 Å². The number of carbonyl (C=O) groups is 2. The van der Waals surface area contributed by atoms with E-state index in [-0.39, 0.29) is 23.4 Å². The number of hydrogen-bond acceptors (Lipinski definition) is 6. The molecular weight excluding hydrogens is 537 g/mol. The smallest absolute Gasteiger partial charge is 0.333 e. The van der Waals surface area contributed by atoms with Gasteiger partial charge < -0.3 is 9.47 Å². The molecule has 1 aliphatic heterocycles. The van der Waals surface area contributed by atoms with Crippen molar-refractivity contribution < 1.29 is 19.1 Å². The second kappa shape index (κ2) is 11.9. The van der Waals surface area contributed by atoms with Gasteiger partial charge in [0.25, 0.3) is 5.91 Å². The summed E-state index contributed by atoms with van der Waals surface area (Å²) in [7, 11) is 0. The van der Waals surface area contributed by atoms with Crippen molar-refractivity contribution in [3.8, 4) is 5.75 Å². The van der Waals surface area contributed by atoms with E-state index in [4.69, 9.17) is 44.9 Å². The molecule has 1 unspecified atom stereocenters. The molecule has 0 spiro atoms. The summed E-state index contributed by atoms with van der Waals surface area (Å²) in [6.07, 6.45) is 1.71. The second-order valence-corrected chi connectivity index (χ2v) is 10.2. The molecule has 5 nitrogen and oxygen atoms in total. The Bertz CT molecular complexity index is 1330. The van der Waals surface area contributed by atoms with E-state index in [0.717, 1.165) is 17.3 Å². The number of carbonyl (C=O) groups excluding carboxylic acids is 2. The van der Waals surface area contributed by atoms with Crippen LogP contribution < -0.4 is 4.74 Å². The lowest BCUT2D eigenvalue weighted by atomic mass is 10.1. The Kier molecular flexibility index (Phi) is 8.69. The van der Waals surface area contributed by atoms with Gasteiger partial charge in [0, 0.05) is 21.2 Å². The first kappa shape index (κ1) is 26.2. The average molecular weight is 559 g/mol. The van der Waals surface area contributed by atoms with Gasteiger partial charge in [-0.25, -0.2) is 4.79 Å². The lowest BCUT2D eigenvalue weighted by molar-refractivity contribution is -0.151. The molecule has 36 heavy (non-hydrogen) atoms. The Morgan fingerprint density at radius 2 is 1.81 bits per heavy atom. The van der Waals surface area contributed by atoms with E-state index < -0.39 is 12.0 Å². The van der Waals surface area contributed by atoms with Crippen LogP contribution in [0.4, 0.5) is 0 Å². The van der Waals surface area contributed by atoms with E-state index in [2.05, 4.69) is 0 Å². The number of ether oxygens (including phenoxy) is 2. The molecule has 1 aliphatic rings. The number of thioether (sulfide) groups is 1. The number of para-hydroxylation sites is 1. The molecule has 0 radical (unpaired) electrons. The van der Waals surface area contributed by atoms with Gasteiger partial charge in [0.2, 0.25) is 0 Å². The van der Waals surface area contributed by atoms with Crippen LogP contribution >= 0.6 is 47.2 Å². The minimum absolute atomic E-state index is 0.190. The van der Waals surface area contributed by atoms with Crippen LogP contribution in [-0.4, -0.2) is 27.7 Å². The van der Waals surface area contributed by atoms with Gasteiger partial charge in [-0.15, -0.1) is 0 Å². The van der Waals surface area contributed by atoms with Crippen LogP contribution in [0.25, 0.3) is 6.08 Å². The molecule has 4 rings (SSSR count). The summed E-state index contributed by atoms with van der Waals surface area (Å²) in [6, 6.07) is 20.6. The highest BCUT2D eigenvalue weighted by atomic mass is 35.5. The zero-order valence-corrected chi connectivity index (χ0v) is 22.3.